The number of amides is 4. The highest BCUT2D eigenvalue weighted by atomic mass is 16.4. The van der Waals surface area contributed by atoms with Gasteiger partial charge in [0.25, 0.3) is 0 Å². The third kappa shape index (κ3) is 8.46. The van der Waals surface area contributed by atoms with E-state index in [1.807, 2.05) is 0 Å². The van der Waals surface area contributed by atoms with Crippen molar-refractivity contribution < 1.29 is 34.2 Å². The molecule has 0 aliphatic heterocycles. The Balaban J connectivity index is 4.84. The van der Waals surface area contributed by atoms with E-state index < -0.39 is 66.8 Å². The molecule has 154 valence electrons. The molecule has 4 amide bonds. The molecule has 0 aromatic carbocycles. The van der Waals surface area contributed by atoms with Crippen molar-refractivity contribution in [2.75, 3.05) is 6.61 Å². The zero-order valence-corrected chi connectivity index (χ0v) is 15.4. The highest BCUT2D eigenvalue weighted by Crippen LogP contribution is 1.99. The number of carbonyl (C=O) groups excluding carboxylic acids is 4. The number of hydrogen-bond acceptors (Lipinski definition) is 7. The Labute approximate surface area is 156 Å². The predicted octanol–water partition coefficient (Wildman–Crippen LogP) is -3.60. The van der Waals surface area contributed by atoms with E-state index in [4.69, 9.17) is 16.6 Å². The number of aliphatic hydroxyl groups excluding tert-OH is 1. The first-order chi connectivity index (χ1) is 12.4. The zero-order chi connectivity index (χ0) is 21.3. The molecule has 0 spiro atoms. The Kier molecular flexibility index (Phi) is 9.96. The van der Waals surface area contributed by atoms with Gasteiger partial charge in [0.2, 0.25) is 23.6 Å². The van der Waals surface area contributed by atoms with Crippen LogP contribution in [-0.4, -0.2) is 70.6 Å². The number of primary amides is 1. The third-order valence-corrected chi connectivity index (χ3v) is 3.61. The Morgan fingerprint density at radius 1 is 0.889 bits per heavy atom. The minimum absolute atomic E-state index is 0.199. The van der Waals surface area contributed by atoms with E-state index in [1.54, 1.807) is 13.8 Å². The lowest BCUT2D eigenvalue weighted by molar-refractivity contribution is -0.143. The average molecular weight is 389 g/mol. The van der Waals surface area contributed by atoms with Gasteiger partial charge in [-0.15, -0.1) is 0 Å². The van der Waals surface area contributed by atoms with Gasteiger partial charge in [0.1, 0.15) is 18.1 Å². The van der Waals surface area contributed by atoms with Crippen LogP contribution in [0.2, 0.25) is 0 Å². The fourth-order valence-electron chi connectivity index (χ4n) is 1.84. The zero-order valence-electron chi connectivity index (χ0n) is 15.4. The van der Waals surface area contributed by atoms with Crippen LogP contribution in [0.5, 0.6) is 0 Å². The van der Waals surface area contributed by atoms with Gasteiger partial charge in [-0.25, -0.2) is 4.79 Å². The number of aliphatic hydroxyl groups is 1. The van der Waals surface area contributed by atoms with E-state index in [0.29, 0.717) is 0 Å². The second-order valence-corrected chi connectivity index (χ2v) is 6.31. The van der Waals surface area contributed by atoms with Gasteiger partial charge in [0.15, 0.2) is 0 Å². The number of carbonyl (C=O) groups is 5. The van der Waals surface area contributed by atoms with Crippen LogP contribution in [0.25, 0.3) is 0 Å². The maximum atomic E-state index is 12.1. The summed E-state index contributed by atoms with van der Waals surface area (Å²) in [5, 5.41) is 24.8. The summed E-state index contributed by atoms with van der Waals surface area (Å²) in [5.41, 5.74) is 10.6. The van der Waals surface area contributed by atoms with E-state index in [9.17, 15) is 29.1 Å². The number of nitrogens with two attached hydrogens (primary N) is 2. The minimum Gasteiger partial charge on any atom is -0.480 e. The van der Waals surface area contributed by atoms with Gasteiger partial charge in [-0.05, 0) is 12.8 Å². The van der Waals surface area contributed by atoms with Crippen LogP contribution >= 0.6 is 0 Å². The molecule has 0 rings (SSSR count). The van der Waals surface area contributed by atoms with Crippen molar-refractivity contribution in [3.63, 3.8) is 0 Å². The fourth-order valence-corrected chi connectivity index (χ4v) is 1.84. The Morgan fingerprint density at radius 2 is 1.41 bits per heavy atom. The number of hydrogen-bond donors (Lipinski definition) is 7. The van der Waals surface area contributed by atoms with E-state index >= 15 is 0 Å². The quantitative estimate of drug-likeness (QED) is 0.187. The standard InChI is InChI=1S/C15H27N5O7/c1-6(2)11(17)14(25)20-9(5-21)13(24)18-7(3)12(23)19-8(15(26)27)4-10(16)22/h6-9,11,21H,4-5,17H2,1-3H3,(H2,16,22)(H,18,24)(H,19,23)(H,20,25)(H,26,27). The van der Waals surface area contributed by atoms with Crippen molar-refractivity contribution in [2.24, 2.45) is 17.4 Å². The molecule has 27 heavy (non-hydrogen) atoms. The number of rotatable bonds is 11. The van der Waals surface area contributed by atoms with Crippen molar-refractivity contribution in [3.8, 4) is 0 Å². The second-order valence-electron chi connectivity index (χ2n) is 6.31. The maximum absolute atomic E-state index is 12.1. The van der Waals surface area contributed by atoms with Crippen LogP contribution in [-0.2, 0) is 24.0 Å². The van der Waals surface area contributed by atoms with Gasteiger partial charge < -0.3 is 37.6 Å². The number of aliphatic carboxylic acids is 1. The van der Waals surface area contributed by atoms with Crippen LogP contribution in [0.3, 0.4) is 0 Å². The minimum atomic E-state index is -1.55. The van der Waals surface area contributed by atoms with Crippen LogP contribution in [0.1, 0.15) is 27.2 Å². The first-order valence-corrected chi connectivity index (χ1v) is 8.19. The van der Waals surface area contributed by atoms with E-state index in [1.165, 1.54) is 6.92 Å². The van der Waals surface area contributed by atoms with Crippen molar-refractivity contribution in [3.05, 3.63) is 0 Å². The Hall–Kier alpha value is -2.73. The molecule has 9 N–H and O–H groups in total. The number of nitrogens with one attached hydrogen (secondary N) is 3. The van der Waals surface area contributed by atoms with Gasteiger partial charge >= 0.3 is 5.97 Å². The van der Waals surface area contributed by atoms with Crippen LogP contribution < -0.4 is 27.4 Å². The summed E-state index contributed by atoms with van der Waals surface area (Å²) in [5.74, 6) is -5.00. The molecule has 0 saturated carbocycles. The SMILES string of the molecule is CC(NC(=O)C(CO)NC(=O)C(N)C(C)C)C(=O)NC(CC(N)=O)C(=O)O. The largest absolute Gasteiger partial charge is 0.480 e. The average Bonchev–Trinajstić information content (AvgIpc) is 2.56. The van der Waals surface area contributed by atoms with Crippen molar-refractivity contribution in [1.29, 1.82) is 0 Å². The van der Waals surface area contributed by atoms with Gasteiger partial charge in [0.05, 0.1) is 19.1 Å². The maximum Gasteiger partial charge on any atom is 0.326 e. The molecular weight excluding hydrogens is 362 g/mol. The Morgan fingerprint density at radius 3 is 1.81 bits per heavy atom. The third-order valence-electron chi connectivity index (χ3n) is 3.61. The fraction of sp³-hybridized carbons (Fsp3) is 0.667. The molecule has 0 aromatic heterocycles. The van der Waals surface area contributed by atoms with Crippen LogP contribution in [0, 0.1) is 5.92 Å². The summed E-state index contributed by atoms with van der Waals surface area (Å²) in [6.45, 7) is 3.92. The van der Waals surface area contributed by atoms with E-state index in [-0.39, 0.29) is 5.92 Å². The lowest BCUT2D eigenvalue weighted by atomic mass is 10.0. The van der Waals surface area contributed by atoms with Gasteiger partial charge in [0, 0.05) is 0 Å². The molecule has 4 unspecified atom stereocenters. The monoisotopic (exact) mass is 389 g/mol. The van der Waals surface area contributed by atoms with Crippen molar-refractivity contribution >= 4 is 29.6 Å². The second kappa shape index (κ2) is 11.1. The molecule has 12 nitrogen and oxygen atoms in total. The normalized spacial score (nSPS) is 15.2. The first kappa shape index (κ1) is 24.3. The molecule has 0 heterocycles. The molecule has 0 radical (unpaired) electrons. The molecule has 0 saturated heterocycles. The predicted molar refractivity (Wildman–Crippen MR) is 92.8 cm³/mol. The molecule has 0 aliphatic carbocycles. The number of carboxylic acid groups (broad SMARTS) is 1. The van der Waals surface area contributed by atoms with Crippen molar-refractivity contribution in [1.82, 2.24) is 16.0 Å². The summed E-state index contributed by atoms with van der Waals surface area (Å²) in [7, 11) is 0. The smallest absolute Gasteiger partial charge is 0.326 e. The highest BCUT2D eigenvalue weighted by molar-refractivity contribution is 5.94. The first-order valence-electron chi connectivity index (χ1n) is 8.19. The van der Waals surface area contributed by atoms with Crippen LogP contribution in [0.4, 0.5) is 0 Å². The van der Waals surface area contributed by atoms with Gasteiger partial charge in [-0.1, -0.05) is 13.8 Å². The molecule has 4 atom stereocenters. The summed E-state index contributed by atoms with van der Waals surface area (Å²) >= 11 is 0. The summed E-state index contributed by atoms with van der Waals surface area (Å²) < 4.78 is 0. The van der Waals surface area contributed by atoms with Crippen molar-refractivity contribution in [2.45, 2.75) is 51.4 Å². The lowest BCUT2D eigenvalue weighted by Gasteiger charge is -2.23. The van der Waals surface area contributed by atoms with Crippen LogP contribution in [0.15, 0.2) is 0 Å². The molecule has 12 heteroatoms. The Bertz CT molecular complexity index is 581. The van der Waals surface area contributed by atoms with E-state index in [2.05, 4.69) is 16.0 Å². The molecule has 0 aromatic rings. The highest BCUT2D eigenvalue weighted by Gasteiger charge is 2.29. The summed E-state index contributed by atoms with van der Waals surface area (Å²) in [6, 6.07) is -5.00. The molecule has 0 fully saturated rings. The summed E-state index contributed by atoms with van der Waals surface area (Å²) in [4.78, 5) is 57.8. The topological polar surface area (TPSA) is 214 Å². The lowest BCUT2D eigenvalue weighted by Crippen LogP contribution is -2.58. The number of carboxylic acids is 1. The molecule has 0 bridgehead atoms. The van der Waals surface area contributed by atoms with Gasteiger partial charge in [-0.3, -0.25) is 19.2 Å². The van der Waals surface area contributed by atoms with Gasteiger partial charge in [-0.2, -0.15) is 0 Å². The molecule has 0 aliphatic rings. The molecular formula is C15H27N5O7. The summed E-state index contributed by atoms with van der Waals surface area (Å²) in [6.07, 6.45) is -0.621. The van der Waals surface area contributed by atoms with E-state index in [0.717, 1.165) is 0 Å².